The summed E-state index contributed by atoms with van der Waals surface area (Å²) in [6.45, 7) is 7.26. The predicted octanol–water partition coefficient (Wildman–Crippen LogP) is 5.67. The molecule has 0 fully saturated rings. The van der Waals surface area contributed by atoms with E-state index in [0.29, 0.717) is 28.0 Å². The monoisotopic (exact) mass is 425 g/mol. The summed E-state index contributed by atoms with van der Waals surface area (Å²) in [5.41, 5.74) is 2.57. The highest BCUT2D eigenvalue weighted by Gasteiger charge is 2.13. The number of benzene rings is 2. The van der Waals surface area contributed by atoms with Crippen molar-refractivity contribution in [2.75, 3.05) is 22.1 Å². The van der Waals surface area contributed by atoms with Crippen LogP contribution in [-0.4, -0.2) is 24.4 Å². The molecule has 0 atom stereocenters. The molecule has 2 aromatic carbocycles. The van der Waals surface area contributed by atoms with Crippen molar-refractivity contribution in [1.29, 1.82) is 0 Å². The Kier molecular flexibility index (Phi) is 6.79. The number of amides is 2. The summed E-state index contributed by atoms with van der Waals surface area (Å²) >= 11 is 6.26. The van der Waals surface area contributed by atoms with Gasteiger partial charge in [-0.3, -0.25) is 9.59 Å². The molecule has 0 aliphatic carbocycles. The van der Waals surface area contributed by atoms with E-state index in [2.05, 4.69) is 36.3 Å². The van der Waals surface area contributed by atoms with Gasteiger partial charge in [-0.15, -0.1) is 0 Å². The normalized spacial score (nSPS) is 10.7. The van der Waals surface area contributed by atoms with Crippen molar-refractivity contribution in [1.82, 2.24) is 0 Å². The maximum Gasteiger partial charge on any atom is 0.291 e. The number of rotatable bonds is 7. The highest BCUT2D eigenvalue weighted by molar-refractivity contribution is 6.34. The van der Waals surface area contributed by atoms with Crippen molar-refractivity contribution in [3.8, 4) is 0 Å². The summed E-state index contributed by atoms with van der Waals surface area (Å²) in [6.07, 6.45) is 1.42. The van der Waals surface area contributed by atoms with E-state index < -0.39 is 5.91 Å². The molecular formula is C23H24ClN3O3. The van der Waals surface area contributed by atoms with E-state index in [1.165, 1.54) is 6.26 Å². The fourth-order valence-corrected chi connectivity index (χ4v) is 3.37. The summed E-state index contributed by atoms with van der Waals surface area (Å²) in [5.74, 6) is -0.454. The maximum atomic E-state index is 12.6. The first-order chi connectivity index (χ1) is 14.4. The number of carbonyl (C=O) groups excluding carboxylic acids is 2. The number of carbonyl (C=O) groups is 2. The third kappa shape index (κ3) is 5.02. The van der Waals surface area contributed by atoms with Gasteiger partial charge in [0.1, 0.15) is 0 Å². The van der Waals surface area contributed by atoms with Gasteiger partial charge in [-0.05, 0) is 75.4 Å². The highest BCUT2D eigenvalue weighted by atomic mass is 35.5. The van der Waals surface area contributed by atoms with Crippen LogP contribution in [-0.2, 0) is 0 Å². The lowest BCUT2D eigenvalue weighted by atomic mass is 10.1. The average molecular weight is 426 g/mol. The molecule has 30 heavy (non-hydrogen) atoms. The molecule has 1 aromatic heterocycles. The Morgan fingerprint density at radius 2 is 1.77 bits per heavy atom. The van der Waals surface area contributed by atoms with Gasteiger partial charge in [0.05, 0.1) is 17.0 Å². The second-order valence-electron chi connectivity index (χ2n) is 7.01. The lowest BCUT2D eigenvalue weighted by Crippen LogP contribution is -2.30. The number of hydrogen-bond donors (Lipinski definition) is 2. The van der Waals surface area contributed by atoms with Gasteiger partial charge in [-0.25, -0.2) is 0 Å². The van der Waals surface area contributed by atoms with Gasteiger partial charge in [0.15, 0.2) is 5.76 Å². The molecule has 156 valence electrons. The van der Waals surface area contributed by atoms with E-state index in [-0.39, 0.29) is 11.7 Å². The first kappa shape index (κ1) is 21.5. The van der Waals surface area contributed by atoms with Crippen molar-refractivity contribution in [2.45, 2.75) is 26.8 Å². The second kappa shape index (κ2) is 9.50. The van der Waals surface area contributed by atoms with E-state index in [1.54, 1.807) is 42.5 Å². The van der Waals surface area contributed by atoms with Crippen LogP contribution in [0.3, 0.4) is 0 Å². The summed E-state index contributed by atoms with van der Waals surface area (Å²) in [7, 11) is 0. The van der Waals surface area contributed by atoms with Crippen LogP contribution in [0.15, 0.2) is 65.3 Å². The first-order valence-electron chi connectivity index (χ1n) is 9.71. The third-order valence-corrected chi connectivity index (χ3v) is 4.96. The van der Waals surface area contributed by atoms with Crippen LogP contribution in [0, 0.1) is 0 Å². The lowest BCUT2D eigenvalue weighted by molar-refractivity contribution is 0.0994. The SMILES string of the molecule is CCN(c1ccc(C(=O)Nc2ccc(NC(=O)c3ccco3)c(Cl)c2)cc1)C(C)C. The van der Waals surface area contributed by atoms with Gasteiger partial charge in [-0.2, -0.15) is 0 Å². The van der Waals surface area contributed by atoms with Crippen LogP contribution < -0.4 is 15.5 Å². The zero-order valence-corrected chi connectivity index (χ0v) is 17.9. The van der Waals surface area contributed by atoms with Gasteiger partial charge in [0.2, 0.25) is 0 Å². The molecule has 6 nitrogen and oxygen atoms in total. The van der Waals surface area contributed by atoms with E-state index in [9.17, 15) is 9.59 Å². The molecule has 0 saturated heterocycles. The number of hydrogen-bond acceptors (Lipinski definition) is 4. The largest absolute Gasteiger partial charge is 0.459 e. The molecule has 0 bridgehead atoms. The minimum atomic E-state index is -0.402. The standard InChI is InChI=1S/C23H24ClN3O3/c1-4-27(15(2)3)18-10-7-16(8-11-18)22(28)25-17-9-12-20(19(24)14-17)26-23(29)21-6-5-13-30-21/h5-15H,4H2,1-3H3,(H,25,28)(H,26,29). The van der Waals surface area contributed by atoms with Crippen LogP contribution in [0.2, 0.25) is 5.02 Å². The van der Waals surface area contributed by atoms with Gasteiger partial charge >= 0.3 is 0 Å². The molecule has 3 aromatic rings. The van der Waals surface area contributed by atoms with Crippen LogP contribution in [0.25, 0.3) is 0 Å². The minimum Gasteiger partial charge on any atom is -0.459 e. The quantitative estimate of drug-likeness (QED) is 0.511. The summed E-state index contributed by atoms with van der Waals surface area (Å²) in [6, 6.07) is 15.9. The highest BCUT2D eigenvalue weighted by Crippen LogP contribution is 2.26. The molecule has 0 radical (unpaired) electrons. The second-order valence-corrected chi connectivity index (χ2v) is 7.41. The van der Waals surface area contributed by atoms with Gasteiger partial charge < -0.3 is 20.0 Å². The van der Waals surface area contributed by atoms with Crippen LogP contribution in [0.4, 0.5) is 17.1 Å². The number of nitrogens with zero attached hydrogens (tertiary/aromatic N) is 1. The number of nitrogens with one attached hydrogen (secondary N) is 2. The topological polar surface area (TPSA) is 74.6 Å². The van der Waals surface area contributed by atoms with E-state index in [4.69, 9.17) is 16.0 Å². The Hall–Kier alpha value is -3.25. The summed E-state index contributed by atoms with van der Waals surface area (Å²) in [4.78, 5) is 26.9. The molecule has 1 heterocycles. The molecule has 0 spiro atoms. The fraction of sp³-hybridized carbons (Fsp3) is 0.217. The van der Waals surface area contributed by atoms with E-state index >= 15 is 0 Å². The van der Waals surface area contributed by atoms with Crippen LogP contribution in [0.1, 0.15) is 41.7 Å². The molecule has 0 saturated carbocycles. The average Bonchev–Trinajstić information content (AvgIpc) is 3.26. The van der Waals surface area contributed by atoms with Gasteiger partial charge in [-0.1, -0.05) is 11.6 Å². The molecular weight excluding hydrogens is 402 g/mol. The number of furan rings is 1. The Balaban J connectivity index is 1.66. The van der Waals surface area contributed by atoms with E-state index in [1.807, 2.05) is 12.1 Å². The molecule has 2 N–H and O–H groups in total. The Labute approximate surface area is 180 Å². The van der Waals surface area contributed by atoms with Crippen molar-refractivity contribution < 1.29 is 14.0 Å². The van der Waals surface area contributed by atoms with Crippen LogP contribution in [0.5, 0.6) is 0 Å². The molecule has 0 unspecified atom stereocenters. The molecule has 3 rings (SSSR count). The number of anilines is 3. The molecule has 7 heteroatoms. The lowest BCUT2D eigenvalue weighted by Gasteiger charge is -2.27. The molecule has 0 aliphatic heterocycles. The van der Waals surface area contributed by atoms with Crippen molar-refractivity contribution in [3.63, 3.8) is 0 Å². The van der Waals surface area contributed by atoms with Crippen molar-refractivity contribution >= 4 is 40.5 Å². The van der Waals surface area contributed by atoms with Gasteiger partial charge in [0, 0.05) is 29.5 Å². The molecule has 0 aliphatic rings. The Morgan fingerprint density at radius 3 is 2.33 bits per heavy atom. The van der Waals surface area contributed by atoms with Gasteiger partial charge in [0.25, 0.3) is 11.8 Å². The Bertz CT molecular complexity index is 1010. The molecule has 2 amide bonds. The first-order valence-corrected chi connectivity index (χ1v) is 10.1. The van der Waals surface area contributed by atoms with Crippen molar-refractivity contribution in [3.05, 3.63) is 77.2 Å². The summed E-state index contributed by atoms with van der Waals surface area (Å²) < 4.78 is 5.06. The fourth-order valence-electron chi connectivity index (χ4n) is 3.14. The zero-order valence-electron chi connectivity index (χ0n) is 17.1. The summed E-state index contributed by atoms with van der Waals surface area (Å²) in [5, 5.41) is 5.80. The predicted molar refractivity (Wildman–Crippen MR) is 121 cm³/mol. The third-order valence-electron chi connectivity index (χ3n) is 4.65. The zero-order chi connectivity index (χ0) is 21.7. The Morgan fingerprint density at radius 1 is 1.03 bits per heavy atom. The van der Waals surface area contributed by atoms with Crippen LogP contribution >= 0.6 is 11.6 Å². The minimum absolute atomic E-state index is 0.186. The smallest absolute Gasteiger partial charge is 0.291 e. The van der Waals surface area contributed by atoms with E-state index in [0.717, 1.165) is 12.2 Å². The maximum absolute atomic E-state index is 12.6. The van der Waals surface area contributed by atoms with Crippen molar-refractivity contribution in [2.24, 2.45) is 0 Å². The number of halogens is 1.